The van der Waals surface area contributed by atoms with Gasteiger partial charge in [-0.25, -0.2) is 9.67 Å². The summed E-state index contributed by atoms with van der Waals surface area (Å²) >= 11 is 6.06. The lowest BCUT2D eigenvalue weighted by atomic mass is 10.1. The van der Waals surface area contributed by atoms with Gasteiger partial charge in [-0.1, -0.05) is 6.92 Å². The van der Waals surface area contributed by atoms with E-state index in [0.29, 0.717) is 11.3 Å². The maximum absolute atomic E-state index is 6.06. The third-order valence-corrected chi connectivity index (χ3v) is 3.30. The van der Waals surface area contributed by atoms with Crippen LogP contribution in [0.4, 0.5) is 0 Å². The van der Waals surface area contributed by atoms with Crippen molar-refractivity contribution in [3.8, 4) is 0 Å². The molecular formula is C13H19ClN4O. The zero-order valence-electron chi connectivity index (χ0n) is 11.4. The van der Waals surface area contributed by atoms with E-state index in [1.165, 1.54) is 0 Å². The molecule has 0 saturated heterocycles. The molecule has 0 aliphatic carbocycles. The lowest BCUT2D eigenvalue weighted by Gasteiger charge is -2.18. The van der Waals surface area contributed by atoms with E-state index in [0.717, 1.165) is 24.4 Å². The molecule has 2 heterocycles. The molecule has 1 unspecified atom stereocenters. The molecular weight excluding hydrogens is 264 g/mol. The Morgan fingerprint density at radius 3 is 2.84 bits per heavy atom. The summed E-state index contributed by atoms with van der Waals surface area (Å²) in [5.41, 5.74) is 0.960. The maximum Gasteiger partial charge on any atom is 0.197 e. The smallest absolute Gasteiger partial charge is 0.197 e. The Labute approximate surface area is 118 Å². The Morgan fingerprint density at radius 1 is 1.47 bits per heavy atom. The van der Waals surface area contributed by atoms with Crippen LogP contribution in [0.2, 0.25) is 5.22 Å². The molecule has 5 nitrogen and oxygen atoms in total. The van der Waals surface area contributed by atoms with Gasteiger partial charge in [0.2, 0.25) is 0 Å². The van der Waals surface area contributed by atoms with E-state index in [1.807, 2.05) is 10.7 Å². The molecule has 1 atom stereocenters. The Bertz CT molecular complexity index is 520. The first-order valence-electron chi connectivity index (χ1n) is 6.48. The second-order valence-electron chi connectivity index (χ2n) is 4.68. The van der Waals surface area contributed by atoms with Crippen molar-refractivity contribution in [1.29, 1.82) is 0 Å². The van der Waals surface area contributed by atoms with Crippen molar-refractivity contribution in [2.75, 3.05) is 6.54 Å². The zero-order chi connectivity index (χ0) is 13.8. The minimum absolute atomic E-state index is 0.0814. The van der Waals surface area contributed by atoms with Gasteiger partial charge in [0.15, 0.2) is 5.22 Å². The average molecular weight is 283 g/mol. The fourth-order valence-corrected chi connectivity index (χ4v) is 2.37. The van der Waals surface area contributed by atoms with Crippen molar-refractivity contribution in [3.63, 3.8) is 0 Å². The molecule has 0 saturated carbocycles. The summed E-state index contributed by atoms with van der Waals surface area (Å²) in [4.78, 5) is 4.34. The third-order valence-electron chi connectivity index (χ3n) is 3.00. The van der Waals surface area contributed by atoms with Gasteiger partial charge < -0.3 is 9.73 Å². The maximum atomic E-state index is 6.06. The Morgan fingerprint density at radius 2 is 2.26 bits per heavy atom. The number of nitrogens with zero attached hydrogens (tertiary/aromatic N) is 3. The van der Waals surface area contributed by atoms with E-state index in [9.17, 15) is 0 Å². The normalized spacial score (nSPS) is 13.1. The topological polar surface area (TPSA) is 55.9 Å². The second kappa shape index (κ2) is 6.21. The quantitative estimate of drug-likeness (QED) is 0.885. The highest BCUT2D eigenvalue weighted by Gasteiger charge is 2.20. The van der Waals surface area contributed by atoms with Crippen molar-refractivity contribution in [2.45, 2.75) is 39.3 Å². The lowest BCUT2D eigenvalue weighted by molar-refractivity contribution is 0.465. The number of likely N-dealkylation sites (N-methyl/N-ethyl adjacent to an activating group) is 1. The van der Waals surface area contributed by atoms with Gasteiger partial charge in [0, 0.05) is 24.1 Å². The van der Waals surface area contributed by atoms with Gasteiger partial charge in [-0.15, -0.1) is 0 Å². The van der Waals surface area contributed by atoms with E-state index in [4.69, 9.17) is 16.0 Å². The van der Waals surface area contributed by atoms with Crippen molar-refractivity contribution in [1.82, 2.24) is 20.1 Å². The highest BCUT2D eigenvalue weighted by atomic mass is 35.5. The highest BCUT2D eigenvalue weighted by molar-refractivity contribution is 6.29. The Hall–Kier alpha value is -1.33. The zero-order valence-corrected chi connectivity index (χ0v) is 12.2. The molecule has 2 aromatic heterocycles. The van der Waals surface area contributed by atoms with Gasteiger partial charge in [-0.05, 0) is 38.1 Å². The van der Waals surface area contributed by atoms with Gasteiger partial charge >= 0.3 is 0 Å². The SMILES string of the molecule is CCNC(Cc1ncnn1C(C)C)c1ccoc1Cl. The number of nitrogens with one attached hydrogen (secondary N) is 1. The molecule has 1 N–H and O–H groups in total. The van der Waals surface area contributed by atoms with Crippen LogP contribution >= 0.6 is 11.6 Å². The number of furan rings is 1. The molecule has 6 heteroatoms. The van der Waals surface area contributed by atoms with Gasteiger partial charge in [-0.3, -0.25) is 0 Å². The van der Waals surface area contributed by atoms with Crippen molar-refractivity contribution in [3.05, 3.63) is 35.3 Å². The molecule has 2 rings (SSSR count). The highest BCUT2D eigenvalue weighted by Crippen LogP contribution is 2.26. The second-order valence-corrected chi connectivity index (χ2v) is 5.02. The van der Waals surface area contributed by atoms with E-state index < -0.39 is 0 Å². The summed E-state index contributed by atoms with van der Waals surface area (Å²) in [6.45, 7) is 7.09. The molecule has 2 aromatic rings. The molecule has 0 amide bonds. The largest absolute Gasteiger partial charge is 0.453 e. The van der Waals surface area contributed by atoms with Crippen LogP contribution in [0.15, 0.2) is 23.1 Å². The van der Waals surface area contributed by atoms with Gasteiger partial charge in [0.25, 0.3) is 0 Å². The van der Waals surface area contributed by atoms with Gasteiger partial charge in [0.05, 0.1) is 6.26 Å². The van der Waals surface area contributed by atoms with E-state index in [1.54, 1.807) is 12.6 Å². The molecule has 0 fully saturated rings. The number of halogens is 1. The number of hydrogen-bond donors (Lipinski definition) is 1. The van der Waals surface area contributed by atoms with Crippen LogP contribution < -0.4 is 5.32 Å². The van der Waals surface area contributed by atoms with Crippen LogP contribution in [0.1, 0.15) is 44.2 Å². The van der Waals surface area contributed by atoms with Crippen molar-refractivity contribution < 1.29 is 4.42 Å². The fourth-order valence-electron chi connectivity index (χ4n) is 2.13. The summed E-state index contributed by atoms with van der Waals surface area (Å²) in [7, 11) is 0. The van der Waals surface area contributed by atoms with Crippen LogP contribution in [0.25, 0.3) is 0 Å². The van der Waals surface area contributed by atoms with E-state index >= 15 is 0 Å². The molecule has 104 valence electrons. The van der Waals surface area contributed by atoms with E-state index in [2.05, 4.69) is 36.2 Å². The van der Waals surface area contributed by atoms with Crippen LogP contribution in [0.5, 0.6) is 0 Å². The lowest BCUT2D eigenvalue weighted by Crippen LogP contribution is -2.24. The van der Waals surface area contributed by atoms with Crippen molar-refractivity contribution in [2.24, 2.45) is 0 Å². The number of aromatic nitrogens is 3. The first-order valence-corrected chi connectivity index (χ1v) is 6.86. The van der Waals surface area contributed by atoms with E-state index in [-0.39, 0.29) is 6.04 Å². The number of rotatable bonds is 6. The molecule has 0 spiro atoms. The first kappa shape index (κ1) is 14.1. The molecule has 0 aliphatic heterocycles. The minimum Gasteiger partial charge on any atom is -0.453 e. The van der Waals surface area contributed by atoms with Gasteiger partial charge in [0.1, 0.15) is 12.2 Å². The Kier molecular flexibility index (Phi) is 4.61. The predicted molar refractivity (Wildman–Crippen MR) is 74.2 cm³/mol. The van der Waals surface area contributed by atoms with Crippen LogP contribution in [0, 0.1) is 0 Å². The van der Waals surface area contributed by atoms with Gasteiger partial charge in [-0.2, -0.15) is 5.10 Å². The fraction of sp³-hybridized carbons (Fsp3) is 0.538. The summed E-state index contributed by atoms with van der Waals surface area (Å²) in [5.74, 6) is 0.943. The molecule has 0 aromatic carbocycles. The monoisotopic (exact) mass is 282 g/mol. The predicted octanol–water partition coefficient (Wildman–Crippen LogP) is 3.00. The molecule has 0 aliphatic rings. The average Bonchev–Trinajstić information content (AvgIpc) is 2.97. The minimum atomic E-state index is 0.0814. The van der Waals surface area contributed by atoms with Crippen molar-refractivity contribution >= 4 is 11.6 Å². The van der Waals surface area contributed by atoms with Crippen LogP contribution in [0.3, 0.4) is 0 Å². The summed E-state index contributed by atoms with van der Waals surface area (Å²) in [6.07, 6.45) is 3.93. The number of hydrogen-bond acceptors (Lipinski definition) is 4. The summed E-state index contributed by atoms with van der Waals surface area (Å²) in [5, 5.41) is 8.09. The summed E-state index contributed by atoms with van der Waals surface area (Å²) in [6, 6.07) is 2.27. The third kappa shape index (κ3) is 3.16. The summed E-state index contributed by atoms with van der Waals surface area (Å²) < 4.78 is 7.10. The first-order chi connectivity index (χ1) is 9.13. The molecule has 0 bridgehead atoms. The standard InChI is InChI=1S/C13H19ClN4O/c1-4-15-11(10-5-6-19-13(10)14)7-12-16-8-17-18(12)9(2)3/h5-6,8-9,11,15H,4,7H2,1-3H3. The van der Waals surface area contributed by atoms with Crippen LogP contribution in [-0.4, -0.2) is 21.3 Å². The molecule has 19 heavy (non-hydrogen) atoms. The molecule has 0 radical (unpaired) electrons. The van der Waals surface area contributed by atoms with Crippen LogP contribution in [-0.2, 0) is 6.42 Å². The Balaban J connectivity index is 2.22.